The molecule has 0 aliphatic rings. The highest BCUT2D eigenvalue weighted by molar-refractivity contribution is 9.10. The van der Waals surface area contributed by atoms with E-state index in [1.54, 1.807) is 0 Å². The zero-order valence-corrected chi connectivity index (χ0v) is 13.8. The van der Waals surface area contributed by atoms with Crippen molar-refractivity contribution in [3.8, 4) is 0 Å². The summed E-state index contributed by atoms with van der Waals surface area (Å²) >= 11 is 3.65. The van der Waals surface area contributed by atoms with E-state index >= 15 is 0 Å². The highest BCUT2D eigenvalue weighted by atomic mass is 79.9. The third-order valence-corrected chi connectivity index (χ3v) is 4.38. The van der Waals surface area contributed by atoms with Crippen molar-refractivity contribution in [1.82, 2.24) is 5.32 Å². The van der Waals surface area contributed by atoms with Gasteiger partial charge in [-0.3, -0.25) is 0 Å². The lowest BCUT2D eigenvalue weighted by Crippen LogP contribution is -2.23. The fourth-order valence-electron chi connectivity index (χ4n) is 2.54. The molecule has 2 aromatic carbocycles. The highest BCUT2D eigenvalue weighted by Crippen LogP contribution is 2.21. The van der Waals surface area contributed by atoms with Crippen LogP contribution < -0.4 is 5.32 Å². The molecule has 0 radical (unpaired) electrons. The van der Waals surface area contributed by atoms with Gasteiger partial charge in [0, 0.05) is 4.47 Å². The molecule has 0 aromatic heterocycles. The van der Waals surface area contributed by atoms with Gasteiger partial charge in [-0.15, -0.1) is 0 Å². The van der Waals surface area contributed by atoms with E-state index in [-0.39, 0.29) is 0 Å². The minimum atomic E-state index is 0.612. The number of benzene rings is 2. The Labute approximate surface area is 130 Å². The van der Waals surface area contributed by atoms with Crippen LogP contribution in [0.25, 0.3) is 0 Å². The molecule has 0 spiro atoms. The van der Waals surface area contributed by atoms with Gasteiger partial charge in [0.1, 0.15) is 0 Å². The van der Waals surface area contributed by atoms with Gasteiger partial charge >= 0.3 is 0 Å². The number of hydrogen-bond donors (Lipinski definition) is 1. The minimum absolute atomic E-state index is 0.612. The van der Waals surface area contributed by atoms with Crippen LogP contribution in [-0.2, 0) is 12.8 Å². The Hall–Kier alpha value is -1.12. The van der Waals surface area contributed by atoms with Crippen LogP contribution in [0.15, 0.2) is 53.0 Å². The van der Waals surface area contributed by atoms with E-state index in [0.29, 0.717) is 5.92 Å². The number of hydrogen-bond acceptors (Lipinski definition) is 1. The second-order valence-corrected chi connectivity index (χ2v) is 6.26. The van der Waals surface area contributed by atoms with Gasteiger partial charge < -0.3 is 5.32 Å². The topological polar surface area (TPSA) is 12.0 Å². The van der Waals surface area contributed by atoms with Crippen LogP contribution in [0, 0.1) is 12.8 Å². The first-order valence-electron chi connectivity index (χ1n) is 7.12. The number of rotatable bonds is 6. The zero-order chi connectivity index (χ0) is 14.4. The molecule has 1 nitrogen and oxygen atoms in total. The van der Waals surface area contributed by atoms with Crippen LogP contribution in [0.4, 0.5) is 0 Å². The standard InChI is InChI=1S/C18H22BrN/c1-14-7-9-15(10-8-14)11-16(13-20-2)12-17-5-3-4-6-18(17)19/h3-10,16,20H,11-13H2,1-2H3. The van der Waals surface area contributed by atoms with Crippen molar-refractivity contribution in [2.24, 2.45) is 5.92 Å². The van der Waals surface area contributed by atoms with Crippen LogP contribution in [0.5, 0.6) is 0 Å². The summed E-state index contributed by atoms with van der Waals surface area (Å²) in [4.78, 5) is 0. The minimum Gasteiger partial charge on any atom is -0.319 e. The maximum atomic E-state index is 3.65. The summed E-state index contributed by atoms with van der Waals surface area (Å²) in [6.45, 7) is 3.17. The molecule has 0 amide bonds. The first kappa shape index (κ1) is 15.3. The van der Waals surface area contributed by atoms with E-state index in [9.17, 15) is 0 Å². The second kappa shape index (κ2) is 7.61. The molecular weight excluding hydrogens is 310 g/mol. The average molecular weight is 332 g/mol. The number of aryl methyl sites for hydroxylation is 1. The van der Waals surface area contributed by atoms with Gasteiger partial charge in [0.15, 0.2) is 0 Å². The molecule has 0 saturated heterocycles. The largest absolute Gasteiger partial charge is 0.319 e. The Kier molecular flexibility index (Phi) is 5.81. The second-order valence-electron chi connectivity index (χ2n) is 5.41. The molecule has 106 valence electrons. The van der Waals surface area contributed by atoms with Gasteiger partial charge in [-0.05, 0) is 56.5 Å². The summed E-state index contributed by atoms with van der Waals surface area (Å²) < 4.78 is 1.21. The molecule has 0 aliphatic heterocycles. The van der Waals surface area contributed by atoms with Crippen molar-refractivity contribution >= 4 is 15.9 Å². The smallest absolute Gasteiger partial charge is 0.0207 e. The Morgan fingerprint density at radius 1 is 1.00 bits per heavy atom. The van der Waals surface area contributed by atoms with Crippen molar-refractivity contribution in [2.45, 2.75) is 19.8 Å². The molecule has 1 atom stereocenters. The Bertz CT molecular complexity index is 533. The van der Waals surface area contributed by atoms with Gasteiger partial charge in [0.05, 0.1) is 0 Å². The molecule has 0 aliphatic carbocycles. The predicted octanol–water partition coefficient (Wildman–Crippen LogP) is 4.38. The fraction of sp³-hybridized carbons (Fsp3) is 0.333. The number of halogens is 1. The maximum Gasteiger partial charge on any atom is 0.0207 e. The van der Waals surface area contributed by atoms with E-state index in [4.69, 9.17) is 0 Å². The molecule has 20 heavy (non-hydrogen) atoms. The lowest BCUT2D eigenvalue weighted by Gasteiger charge is -2.18. The highest BCUT2D eigenvalue weighted by Gasteiger charge is 2.11. The van der Waals surface area contributed by atoms with Crippen molar-refractivity contribution < 1.29 is 0 Å². The summed E-state index contributed by atoms with van der Waals surface area (Å²) in [6, 6.07) is 17.4. The SMILES string of the molecule is CNCC(Cc1ccc(C)cc1)Cc1ccccc1Br. The van der Waals surface area contributed by atoms with Crippen LogP contribution in [0.1, 0.15) is 16.7 Å². The van der Waals surface area contributed by atoms with E-state index in [0.717, 1.165) is 19.4 Å². The summed E-state index contributed by atoms with van der Waals surface area (Å²) in [5.41, 5.74) is 4.13. The van der Waals surface area contributed by atoms with Gasteiger partial charge in [0.2, 0.25) is 0 Å². The lowest BCUT2D eigenvalue weighted by atomic mass is 9.92. The average Bonchev–Trinajstić information content (AvgIpc) is 2.44. The van der Waals surface area contributed by atoms with E-state index in [2.05, 4.69) is 76.7 Å². The van der Waals surface area contributed by atoms with Gasteiger partial charge in [-0.2, -0.15) is 0 Å². The monoisotopic (exact) mass is 331 g/mol. The van der Waals surface area contributed by atoms with Crippen molar-refractivity contribution in [2.75, 3.05) is 13.6 Å². The third-order valence-electron chi connectivity index (χ3n) is 3.60. The number of nitrogens with one attached hydrogen (secondary N) is 1. The molecule has 0 fully saturated rings. The van der Waals surface area contributed by atoms with E-state index in [1.807, 2.05) is 7.05 Å². The Morgan fingerprint density at radius 3 is 2.35 bits per heavy atom. The van der Waals surface area contributed by atoms with E-state index in [1.165, 1.54) is 21.2 Å². The molecule has 1 unspecified atom stereocenters. The zero-order valence-electron chi connectivity index (χ0n) is 12.2. The summed E-state index contributed by atoms with van der Waals surface area (Å²) in [7, 11) is 2.03. The molecule has 2 aromatic rings. The van der Waals surface area contributed by atoms with Gasteiger partial charge in [-0.1, -0.05) is 64.0 Å². The Balaban J connectivity index is 2.07. The molecule has 0 bridgehead atoms. The fourth-order valence-corrected chi connectivity index (χ4v) is 2.98. The Morgan fingerprint density at radius 2 is 1.70 bits per heavy atom. The van der Waals surface area contributed by atoms with Gasteiger partial charge in [0.25, 0.3) is 0 Å². The molecular formula is C18H22BrN. The van der Waals surface area contributed by atoms with Crippen LogP contribution in [-0.4, -0.2) is 13.6 Å². The van der Waals surface area contributed by atoms with Crippen molar-refractivity contribution in [1.29, 1.82) is 0 Å². The molecule has 1 N–H and O–H groups in total. The maximum absolute atomic E-state index is 3.65. The summed E-state index contributed by atoms with van der Waals surface area (Å²) in [5.74, 6) is 0.612. The molecule has 0 saturated carbocycles. The van der Waals surface area contributed by atoms with E-state index < -0.39 is 0 Å². The normalized spacial score (nSPS) is 12.3. The van der Waals surface area contributed by atoms with Crippen molar-refractivity contribution in [3.05, 3.63) is 69.7 Å². The molecule has 2 heteroatoms. The van der Waals surface area contributed by atoms with Crippen LogP contribution in [0.2, 0.25) is 0 Å². The van der Waals surface area contributed by atoms with Crippen molar-refractivity contribution in [3.63, 3.8) is 0 Å². The van der Waals surface area contributed by atoms with Gasteiger partial charge in [-0.25, -0.2) is 0 Å². The molecule has 0 heterocycles. The first-order valence-corrected chi connectivity index (χ1v) is 7.92. The summed E-state index contributed by atoms with van der Waals surface area (Å²) in [6.07, 6.45) is 2.21. The quantitative estimate of drug-likeness (QED) is 0.828. The predicted molar refractivity (Wildman–Crippen MR) is 90.1 cm³/mol. The molecule has 2 rings (SSSR count). The van der Waals surface area contributed by atoms with Crippen LogP contribution >= 0.6 is 15.9 Å². The summed E-state index contributed by atoms with van der Waals surface area (Å²) in [5, 5.41) is 3.32. The third kappa shape index (κ3) is 4.46. The first-order chi connectivity index (χ1) is 9.69. The van der Waals surface area contributed by atoms with Crippen LogP contribution in [0.3, 0.4) is 0 Å². The lowest BCUT2D eigenvalue weighted by molar-refractivity contribution is 0.492.